The fraction of sp³-hybridized carbons (Fsp3) is 0.333. The SMILES string of the molecule is CCc1c(SC)sc2cc(C)ccc12. The fourth-order valence-corrected chi connectivity index (χ4v) is 3.96. The maximum atomic E-state index is 2.29. The molecule has 2 rings (SSSR count). The van der Waals surface area contributed by atoms with Crippen LogP contribution in [0.15, 0.2) is 22.4 Å². The lowest BCUT2D eigenvalue weighted by Crippen LogP contribution is -1.78. The third-order valence-corrected chi connectivity index (χ3v) is 4.81. The summed E-state index contributed by atoms with van der Waals surface area (Å²) in [6.45, 7) is 4.39. The molecule has 0 fully saturated rings. The topological polar surface area (TPSA) is 0 Å². The second-order valence-corrected chi connectivity index (χ2v) is 5.55. The van der Waals surface area contributed by atoms with Crippen LogP contribution >= 0.6 is 23.1 Å². The number of benzene rings is 1. The Morgan fingerprint density at radius 3 is 2.79 bits per heavy atom. The minimum atomic E-state index is 1.14. The first-order valence-electron chi connectivity index (χ1n) is 4.82. The molecule has 1 aromatic heterocycles. The van der Waals surface area contributed by atoms with Crippen molar-refractivity contribution in [2.24, 2.45) is 0 Å². The lowest BCUT2D eigenvalue weighted by molar-refractivity contribution is 1.13. The van der Waals surface area contributed by atoms with Gasteiger partial charge in [-0.2, -0.15) is 0 Å². The molecule has 0 unspecified atom stereocenters. The number of thioether (sulfide) groups is 1. The molecule has 0 radical (unpaired) electrons. The predicted octanol–water partition coefficient (Wildman–Crippen LogP) is 4.49. The average molecular weight is 222 g/mol. The quantitative estimate of drug-likeness (QED) is 0.674. The van der Waals surface area contributed by atoms with Crippen LogP contribution in [0.5, 0.6) is 0 Å². The van der Waals surface area contributed by atoms with Crippen molar-refractivity contribution in [2.45, 2.75) is 24.5 Å². The molecule has 0 nitrogen and oxygen atoms in total. The van der Waals surface area contributed by atoms with Crippen LogP contribution in [0.1, 0.15) is 18.1 Å². The Kier molecular flexibility index (Phi) is 2.84. The van der Waals surface area contributed by atoms with Gasteiger partial charge in [-0.1, -0.05) is 19.1 Å². The Balaban J connectivity index is 2.73. The summed E-state index contributed by atoms with van der Waals surface area (Å²) in [5.41, 5.74) is 2.88. The molecule has 0 amide bonds. The van der Waals surface area contributed by atoms with Crippen LogP contribution in [0.2, 0.25) is 0 Å². The van der Waals surface area contributed by atoms with E-state index in [-0.39, 0.29) is 0 Å². The highest BCUT2D eigenvalue weighted by molar-refractivity contribution is 8.00. The van der Waals surface area contributed by atoms with Crippen molar-refractivity contribution in [1.29, 1.82) is 0 Å². The van der Waals surface area contributed by atoms with Crippen molar-refractivity contribution in [3.05, 3.63) is 29.3 Å². The predicted molar refractivity (Wildman–Crippen MR) is 67.7 cm³/mol. The highest BCUT2D eigenvalue weighted by atomic mass is 32.2. The number of hydrogen-bond donors (Lipinski definition) is 0. The average Bonchev–Trinajstić information content (AvgIpc) is 2.54. The van der Waals surface area contributed by atoms with E-state index in [1.54, 1.807) is 0 Å². The Labute approximate surface area is 93.3 Å². The van der Waals surface area contributed by atoms with Gasteiger partial charge < -0.3 is 0 Å². The second-order valence-electron chi connectivity index (χ2n) is 3.43. The Hall–Kier alpha value is -0.470. The summed E-state index contributed by atoms with van der Waals surface area (Å²) in [5.74, 6) is 0. The molecule has 0 atom stereocenters. The van der Waals surface area contributed by atoms with Crippen molar-refractivity contribution in [3.8, 4) is 0 Å². The molecule has 0 N–H and O–H groups in total. The summed E-state index contributed by atoms with van der Waals surface area (Å²) >= 11 is 3.80. The minimum Gasteiger partial charge on any atom is -0.129 e. The first-order valence-corrected chi connectivity index (χ1v) is 6.86. The van der Waals surface area contributed by atoms with E-state index in [0.717, 1.165) is 6.42 Å². The molecule has 0 aliphatic rings. The molecular formula is C12H14S2. The normalized spacial score (nSPS) is 11.1. The van der Waals surface area contributed by atoms with Crippen LogP contribution in [0.4, 0.5) is 0 Å². The molecule has 0 aliphatic carbocycles. The van der Waals surface area contributed by atoms with Gasteiger partial charge in [0.2, 0.25) is 0 Å². The van der Waals surface area contributed by atoms with Crippen molar-refractivity contribution in [3.63, 3.8) is 0 Å². The molecule has 0 bridgehead atoms. The van der Waals surface area contributed by atoms with Gasteiger partial charge in [-0.25, -0.2) is 0 Å². The molecule has 14 heavy (non-hydrogen) atoms. The van der Waals surface area contributed by atoms with Gasteiger partial charge >= 0.3 is 0 Å². The van der Waals surface area contributed by atoms with Gasteiger partial charge in [0.15, 0.2) is 0 Å². The second kappa shape index (κ2) is 3.95. The van der Waals surface area contributed by atoms with Crippen molar-refractivity contribution in [2.75, 3.05) is 6.26 Å². The molecule has 0 saturated heterocycles. The highest BCUT2D eigenvalue weighted by Gasteiger charge is 2.09. The maximum Gasteiger partial charge on any atom is 0.0640 e. The van der Waals surface area contributed by atoms with Crippen molar-refractivity contribution < 1.29 is 0 Å². The summed E-state index contributed by atoms with van der Waals surface area (Å²) in [6, 6.07) is 6.76. The summed E-state index contributed by atoms with van der Waals surface area (Å²) in [5, 5.41) is 1.45. The van der Waals surface area contributed by atoms with E-state index in [4.69, 9.17) is 0 Å². The van der Waals surface area contributed by atoms with E-state index in [1.165, 1.54) is 25.4 Å². The number of rotatable bonds is 2. The lowest BCUT2D eigenvalue weighted by atomic mass is 10.1. The lowest BCUT2D eigenvalue weighted by Gasteiger charge is -1.97. The molecule has 0 aliphatic heterocycles. The zero-order valence-corrected chi connectivity index (χ0v) is 10.4. The van der Waals surface area contributed by atoms with Gasteiger partial charge in [-0.15, -0.1) is 23.1 Å². The monoisotopic (exact) mass is 222 g/mol. The molecule has 2 heteroatoms. The summed E-state index contributed by atoms with van der Waals surface area (Å²) in [6.07, 6.45) is 3.30. The van der Waals surface area contributed by atoms with E-state index >= 15 is 0 Å². The van der Waals surface area contributed by atoms with Crippen LogP contribution in [0.25, 0.3) is 10.1 Å². The first kappa shape index (κ1) is 10.1. The molecule has 0 saturated carbocycles. The molecule has 1 heterocycles. The van der Waals surface area contributed by atoms with E-state index in [2.05, 4.69) is 38.3 Å². The van der Waals surface area contributed by atoms with Crippen molar-refractivity contribution >= 4 is 33.2 Å². The molecule has 74 valence electrons. The molecule has 2 aromatic rings. The van der Waals surface area contributed by atoms with Gasteiger partial charge in [-0.05, 0) is 42.2 Å². The molecule has 0 spiro atoms. The molecular weight excluding hydrogens is 208 g/mol. The number of aryl methyl sites for hydroxylation is 2. The summed E-state index contributed by atoms with van der Waals surface area (Å²) < 4.78 is 2.92. The van der Waals surface area contributed by atoms with E-state index in [9.17, 15) is 0 Å². The maximum absolute atomic E-state index is 2.29. The minimum absolute atomic E-state index is 1.14. The number of hydrogen-bond acceptors (Lipinski definition) is 2. The van der Waals surface area contributed by atoms with Gasteiger partial charge in [-0.3, -0.25) is 0 Å². The Morgan fingerprint density at radius 2 is 2.14 bits per heavy atom. The fourth-order valence-electron chi connectivity index (χ4n) is 1.73. The Bertz CT molecular complexity index is 455. The van der Waals surface area contributed by atoms with E-state index < -0.39 is 0 Å². The number of thiophene rings is 1. The zero-order valence-electron chi connectivity index (χ0n) is 8.76. The summed E-state index contributed by atoms with van der Waals surface area (Å²) in [7, 11) is 0. The zero-order chi connectivity index (χ0) is 10.1. The van der Waals surface area contributed by atoms with Gasteiger partial charge in [0.1, 0.15) is 0 Å². The van der Waals surface area contributed by atoms with Crippen LogP contribution in [0.3, 0.4) is 0 Å². The van der Waals surface area contributed by atoms with Crippen LogP contribution in [-0.4, -0.2) is 6.26 Å². The van der Waals surface area contributed by atoms with Crippen LogP contribution in [0, 0.1) is 6.92 Å². The van der Waals surface area contributed by atoms with Crippen LogP contribution < -0.4 is 0 Å². The number of fused-ring (bicyclic) bond motifs is 1. The first-order chi connectivity index (χ1) is 6.76. The van der Waals surface area contributed by atoms with Crippen molar-refractivity contribution in [1.82, 2.24) is 0 Å². The molecule has 1 aromatic carbocycles. The van der Waals surface area contributed by atoms with Gasteiger partial charge in [0.05, 0.1) is 4.21 Å². The van der Waals surface area contributed by atoms with Gasteiger partial charge in [0, 0.05) is 4.70 Å². The Morgan fingerprint density at radius 1 is 1.36 bits per heavy atom. The van der Waals surface area contributed by atoms with Gasteiger partial charge in [0.25, 0.3) is 0 Å². The largest absolute Gasteiger partial charge is 0.129 e. The van der Waals surface area contributed by atoms with E-state index in [0.29, 0.717) is 0 Å². The third kappa shape index (κ3) is 1.57. The van der Waals surface area contributed by atoms with E-state index in [1.807, 2.05) is 23.1 Å². The standard InChI is InChI=1S/C12H14S2/c1-4-9-10-6-5-8(2)7-11(10)14-12(9)13-3/h5-7H,4H2,1-3H3. The smallest absolute Gasteiger partial charge is 0.0640 e. The highest BCUT2D eigenvalue weighted by Crippen LogP contribution is 2.37. The van der Waals surface area contributed by atoms with Crippen LogP contribution in [-0.2, 0) is 6.42 Å². The third-order valence-electron chi connectivity index (χ3n) is 2.45. The summed E-state index contributed by atoms with van der Waals surface area (Å²) in [4.78, 5) is 0.